The summed E-state index contributed by atoms with van der Waals surface area (Å²) in [6.07, 6.45) is 0.689. The minimum atomic E-state index is -2.66. The number of nitrogens with one attached hydrogen (secondary N) is 1. The van der Waals surface area contributed by atoms with Crippen LogP contribution < -0.4 is 5.32 Å². The zero-order valence-electron chi connectivity index (χ0n) is 14.7. The molecule has 1 aliphatic carbocycles. The number of rotatable bonds is 7. The van der Waals surface area contributed by atoms with Crippen LogP contribution in [0, 0.1) is 0 Å². The molecule has 2 aromatic heterocycles. The number of halogens is 3. The summed E-state index contributed by atoms with van der Waals surface area (Å²) in [6.45, 7) is 0.313. The standard InChI is InChI=1S/C18H17ClF2N6O/c19-13-5-1-11(2-6-13)8-26-10-22-18(25-26)23-16(28)9-27-15(12-3-4-12)7-14(24-27)17(20)21/h1-2,5-7,10,12,17H,3-4,8-9H2,(H,23,25,28). The first kappa shape index (κ1) is 18.5. The molecule has 1 aliphatic rings. The van der Waals surface area contributed by atoms with Gasteiger partial charge in [-0.3, -0.25) is 14.8 Å². The van der Waals surface area contributed by atoms with Crippen LogP contribution in [0.3, 0.4) is 0 Å². The molecule has 10 heteroatoms. The third-order valence-electron chi connectivity index (χ3n) is 4.39. The summed E-state index contributed by atoms with van der Waals surface area (Å²) >= 11 is 5.86. The van der Waals surface area contributed by atoms with E-state index in [1.807, 2.05) is 12.1 Å². The Labute approximate surface area is 164 Å². The fourth-order valence-corrected chi connectivity index (χ4v) is 3.02. The Kier molecular flexibility index (Phi) is 5.08. The van der Waals surface area contributed by atoms with Crippen molar-refractivity contribution in [2.24, 2.45) is 0 Å². The number of benzene rings is 1. The second kappa shape index (κ2) is 7.67. The number of hydrogen-bond acceptors (Lipinski definition) is 4. The van der Waals surface area contributed by atoms with Gasteiger partial charge in [0.25, 0.3) is 6.43 Å². The Balaban J connectivity index is 1.39. The molecule has 0 aliphatic heterocycles. The predicted octanol–water partition coefficient (Wildman–Crippen LogP) is 3.63. The third-order valence-corrected chi connectivity index (χ3v) is 4.64. The third kappa shape index (κ3) is 4.36. The average Bonchev–Trinajstić information content (AvgIpc) is 3.27. The number of hydrogen-bond donors (Lipinski definition) is 1. The second-order valence-corrected chi connectivity index (χ2v) is 7.10. The SMILES string of the molecule is O=C(Cn1nc(C(F)F)cc1C1CC1)Nc1ncn(Cc2ccc(Cl)cc2)n1. The average molecular weight is 407 g/mol. The van der Waals surface area contributed by atoms with E-state index in [4.69, 9.17) is 11.6 Å². The van der Waals surface area contributed by atoms with E-state index in [-0.39, 0.29) is 24.1 Å². The van der Waals surface area contributed by atoms with Gasteiger partial charge in [-0.05, 0) is 36.6 Å². The van der Waals surface area contributed by atoms with Crippen LogP contribution in [-0.4, -0.2) is 30.5 Å². The van der Waals surface area contributed by atoms with Gasteiger partial charge in [0.1, 0.15) is 18.6 Å². The molecule has 0 atom stereocenters. The van der Waals surface area contributed by atoms with Crippen LogP contribution in [0.2, 0.25) is 5.02 Å². The van der Waals surface area contributed by atoms with Crippen molar-refractivity contribution in [3.05, 3.63) is 58.6 Å². The summed E-state index contributed by atoms with van der Waals surface area (Å²) < 4.78 is 28.8. The summed E-state index contributed by atoms with van der Waals surface area (Å²) in [5.74, 6) is -0.0762. The second-order valence-electron chi connectivity index (χ2n) is 6.67. The molecule has 0 radical (unpaired) electrons. The number of aromatic nitrogens is 5. The summed E-state index contributed by atoms with van der Waals surface area (Å²) in [7, 11) is 0. The van der Waals surface area contributed by atoms with E-state index in [0.29, 0.717) is 17.3 Å². The van der Waals surface area contributed by atoms with Crippen molar-refractivity contribution in [2.45, 2.75) is 38.3 Å². The molecule has 1 amide bonds. The van der Waals surface area contributed by atoms with Crippen LogP contribution in [-0.2, 0) is 17.9 Å². The number of alkyl halides is 2. The molecular formula is C18H17ClF2N6O. The number of amides is 1. The van der Waals surface area contributed by atoms with Crippen molar-refractivity contribution < 1.29 is 13.6 Å². The molecule has 0 spiro atoms. The van der Waals surface area contributed by atoms with Crippen molar-refractivity contribution in [1.82, 2.24) is 24.5 Å². The van der Waals surface area contributed by atoms with Crippen molar-refractivity contribution in [3.63, 3.8) is 0 Å². The van der Waals surface area contributed by atoms with Gasteiger partial charge in [0.2, 0.25) is 11.9 Å². The maximum atomic E-state index is 12.9. The minimum Gasteiger partial charge on any atom is -0.292 e. The van der Waals surface area contributed by atoms with E-state index in [1.165, 1.54) is 17.1 Å². The highest BCUT2D eigenvalue weighted by Gasteiger charge is 2.30. The topological polar surface area (TPSA) is 77.6 Å². The maximum Gasteiger partial charge on any atom is 0.282 e. The van der Waals surface area contributed by atoms with Gasteiger partial charge >= 0.3 is 0 Å². The Bertz CT molecular complexity index is 980. The van der Waals surface area contributed by atoms with Crippen molar-refractivity contribution in [2.75, 3.05) is 5.32 Å². The number of nitrogens with zero attached hydrogens (tertiary/aromatic N) is 5. The fraction of sp³-hybridized carbons (Fsp3) is 0.333. The van der Waals surface area contributed by atoms with Gasteiger partial charge < -0.3 is 0 Å². The first-order chi connectivity index (χ1) is 13.5. The first-order valence-electron chi connectivity index (χ1n) is 8.77. The maximum absolute atomic E-state index is 12.9. The van der Waals surface area contributed by atoms with Gasteiger partial charge in [0.05, 0.1) is 6.54 Å². The van der Waals surface area contributed by atoms with Crippen LogP contribution in [0.15, 0.2) is 36.7 Å². The van der Waals surface area contributed by atoms with E-state index in [9.17, 15) is 13.6 Å². The molecule has 3 aromatic rings. The highest BCUT2D eigenvalue weighted by atomic mass is 35.5. The van der Waals surface area contributed by atoms with Crippen LogP contribution in [0.1, 0.15) is 42.1 Å². The van der Waals surface area contributed by atoms with E-state index in [1.54, 1.807) is 16.8 Å². The van der Waals surface area contributed by atoms with Gasteiger partial charge in [-0.15, -0.1) is 5.10 Å². The van der Waals surface area contributed by atoms with Crippen LogP contribution in [0.25, 0.3) is 0 Å². The molecule has 1 N–H and O–H groups in total. The summed E-state index contributed by atoms with van der Waals surface area (Å²) in [4.78, 5) is 16.4. The van der Waals surface area contributed by atoms with Crippen molar-refractivity contribution in [1.29, 1.82) is 0 Å². The van der Waals surface area contributed by atoms with Gasteiger partial charge in [0.15, 0.2) is 0 Å². The normalized spacial score (nSPS) is 13.9. The predicted molar refractivity (Wildman–Crippen MR) is 98.4 cm³/mol. The smallest absolute Gasteiger partial charge is 0.282 e. The number of carbonyl (C=O) groups excluding carboxylic acids is 1. The number of carbonyl (C=O) groups is 1. The highest BCUT2D eigenvalue weighted by Crippen LogP contribution is 2.41. The lowest BCUT2D eigenvalue weighted by atomic mass is 10.2. The van der Waals surface area contributed by atoms with Gasteiger partial charge in [-0.25, -0.2) is 18.4 Å². The minimum absolute atomic E-state index is 0.146. The summed E-state index contributed by atoms with van der Waals surface area (Å²) in [6, 6.07) is 8.70. The quantitative estimate of drug-likeness (QED) is 0.650. The van der Waals surface area contributed by atoms with Gasteiger partial charge in [-0.2, -0.15) is 5.10 Å². The monoisotopic (exact) mass is 406 g/mol. The van der Waals surface area contributed by atoms with Gasteiger partial charge in [-0.1, -0.05) is 23.7 Å². The molecular weight excluding hydrogens is 390 g/mol. The lowest BCUT2D eigenvalue weighted by molar-refractivity contribution is -0.117. The molecule has 0 bridgehead atoms. The van der Waals surface area contributed by atoms with E-state index in [2.05, 4.69) is 20.5 Å². The van der Waals surface area contributed by atoms with Crippen LogP contribution >= 0.6 is 11.6 Å². The Morgan fingerprint density at radius 2 is 2.00 bits per heavy atom. The van der Waals surface area contributed by atoms with Gasteiger partial charge in [0, 0.05) is 16.6 Å². The molecule has 1 fully saturated rings. The molecule has 2 heterocycles. The molecule has 1 saturated carbocycles. The zero-order chi connectivity index (χ0) is 19.7. The van der Waals surface area contributed by atoms with Crippen LogP contribution in [0.4, 0.5) is 14.7 Å². The zero-order valence-corrected chi connectivity index (χ0v) is 15.5. The Morgan fingerprint density at radius 1 is 1.25 bits per heavy atom. The summed E-state index contributed by atoms with van der Waals surface area (Å²) in [5, 5.41) is 11.3. The number of anilines is 1. The molecule has 7 nitrogen and oxygen atoms in total. The van der Waals surface area contributed by atoms with E-state index in [0.717, 1.165) is 18.4 Å². The van der Waals surface area contributed by atoms with E-state index >= 15 is 0 Å². The van der Waals surface area contributed by atoms with E-state index < -0.39 is 12.3 Å². The van der Waals surface area contributed by atoms with Crippen molar-refractivity contribution >= 4 is 23.5 Å². The molecule has 0 saturated heterocycles. The Hall–Kier alpha value is -2.81. The highest BCUT2D eigenvalue weighted by molar-refractivity contribution is 6.30. The Morgan fingerprint density at radius 3 is 2.68 bits per heavy atom. The lowest BCUT2D eigenvalue weighted by Gasteiger charge is -2.06. The van der Waals surface area contributed by atoms with Crippen LogP contribution in [0.5, 0.6) is 0 Å². The largest absolute Gasteiger partial charge is 0.292 e. The molecule has 146 valence electrons. The summed E-state index contributed by atoms with van der Waals surface area (Å²) in [5.41, 5.74) is 1.35. The molecule has 4 rings (SSSR count). The fourth-order valence-electron chi connectivity index (χ4n) is 2.90. The van der Waals surface area contributed by atoms with Crippen molar-refractivity contribution in [3.8, 4) is 0 Å². The molecule has 28 heavy (non-hydrogen) atoms. The lowest BCUT2D eigenvalue weighted by Crippen LogP contribution is -2.21. The molecule has 0 unspecified atom stereocenters. The molecule has 1 aromatic carbocycles. The first-order valence-corrected chi connectivity index (χ1v) is 9.15.